The molecule has 0 aliphatic carbocycles. The van der Waals surface area contributed by atoms with E-state index < -0.39 is 0 Å². The molecule has 1 heterocycles. The van der Waals surface area contributed by atoms with Gasteiger partial charge in [0.25, 0.3) is 0 Å². The van der Waals surface area contributed by atoms with Gasteiger partial charge in [-0.3, -0.25) is 0 Å². The maximum absolute atomic E-state index is 6.41. The van der Waals surface area contributed by atoms with Crippen LogP contribution in [-0.4, -0.2) is 32.3 Å². The summed E-state index contributed by atoms with van der Waals surface area (Å²) in [6.45, 7) is 8.09. The summed E-state index contributed by atoms with van der Waals surface area (Å²) in [5.74, 6) is 0. The molecule has 2 rings (SSSR count). The first kappa shape index (κ1) is 14.6. The van der Waals surface area contributed by atoms with Gasteiger partial charge in [0.05, 0.1) is 12.7 Å². The van der Waals surface area contributed by atoms with Gasteiger partial charge in [-0.15, -0.1) is 0 Å². The smallest absolute Gasteiger partial charge is 0.0723 e. The van der Waals surface area contributed by atoms with E-state index in [2.05, 4.69) is 49.2 Å². The summed E-state index contributed by atoms with van der Waals surface area (Å²) in [6.07, 6.45) is 0.269. The second kappa shape index (κ2) is 6.12. The first-order chi connectivity index (χ1) is 9.02. The summed E-state index contributed by atoms with van der Waals surface area (Å²) in [4.78, 5) is 2.37. The molecule has 0 spiro atoms. The average Bonchev–Trinajstić information content (AvgIpc) is 2.40. The van der Waals surface area contributed by atoms with Crippen LogP contribution in [0.1, 0.15) is 32.4 Å². The van der Waals surface area contributed by atoms with Gasteiger partial charge >= 0.3 is 0 Å². The molecule has 1 aliphatic rings. The van der Waals surface area contributed by atoms with E-state index >= 15 is 0 Å². The number of ether oxygens (including phenoxy) is 1. The average molecular weight is 283 g/mol. The third-order valence-electron chi connectivity index (χ3n) is 3.82. The summed E-state index contributed by atoms with van der Waals surface area (Å²) in [7, 11) is 1.95. The van der Waals surface area contributed by atoms with Crippen molar-refractivity contribution >= 4 is 17.3 Å². The van der Waals surface area contributed by atoms with E-state index in [4.69, 9.17) is 16.3 Å². The molecule has 1 aromatic carbocycles. The third-order valence-corrected chi connectivity index (χ3v) is 4.15. The second-order valence-electron chi connectivity index (χ2n) is 5.36. The van der Waals surface area contributed by atoms with Crippen LogP contribution in [-0.2, 0) is 4.74 Å². The summed E-state index contributed by atoms with van der Waals surface area (Å²) in [6, 6.07) is 7.00. The molecule has 1 aliphatic heterocycles. The second-order valence-corrected chi connectivity index (χ2v) is 5.77. The lowest BCUT2D eigenvalue weighted by Gasteiger charge is -2.38. The number of anilines is 1. The minimum atomic E-state index is 0.266. The van der Waals surface area contributed by atoms with E-state index in [0.717, 1.165) is 23.7 Å². The SMILES string of the molecule is CNC(C)c1ccc(N2CC(C)OCC2C)cc1Cl. The standard InChI is InChI=1S/C15H23ClN2O/c1-10-9-19-11(2)8-18(10)13-5-6-14(12(3)17-4)15(16)7-13/h5-7,10-12,17H,8-9H2,1-4H3. The van der Waals surface area contributed by atoms with E-state index in [0.29, 0.717) is 6.04 Å². The van der Waals surface area contributed by atoms with Crippen LogP contribution in [0.3, 0.4) is 0 Å². The quantitative estimate of drug-likeness (QED) is 0.921. The molecule has 3 atom stereocenters. The van der Waals surface area contributed by atoms with Crippen LogP contribution in [0.25, 0.3) is 0 Å². The highest BCUT2D eigenvalue weighted by molar-refractivity contribution is 6.31. The summed E-state index contributed by atoms with van der Waals surface area (Å²) >= 11 is 6.41. The van der Waals surface area contributed by atoms with Crippen LogP contribution in [0.5, 0.6) is 0 Å². The van der Waals surface area contributed by atoms with Gasteiger partial charge in [0.15, 0.2) is 0 Å². The van der Waals surface area contributed by atoms with E-state index in [1.807, 2.05) is 7.05 Å². The number of benzene rings is 1. The molecule has 1 fully saturated rings. The molecular formula is C15H23ClN2O. The van der Waals surface area contributed by atoms with Crippen molar-refractivity contribution in [3.63, 3.8) is 0 Å². The lowest BCUT2D eigenvalue weighted by atomic mass is 10.1. The topological polar surface area (TPSA) is 24.5 Å². The van der Waals surface area contributed by atoms with Crippen molar-refractivity contribution in [1.29, 1.82) is 0 Å². The summed E-state index contributed by atoms with van der Waals surface area (Å²) < 4.78 is 5.67. The van der Waals surface area contributed by atoms with Crippen molar-refractivity contribution in [3.05, 3.63) is 28.8 Å². The largest absolute Gasteiger partial charge is 0.375 e. The fraction of sp³-hybridized carbons (Fsp3) is 0.600. The van der Waals surface area contributed by atoms with Crippen molar-refractivity contribution in [2.24, 2.45) is 0 Å². The zero-order chi connectivity index (χ0) is 14.0. The molecule has 106 valence electrons. The first-order valence-corrected chi connectivity index (χ1v) is 7.25. The van der Waals surface area contributed by atoms with Gasteiger partial charge in [-0.05, 0) is 45.5 Å². The van der Waals surface area contributed by atoms with E-state index in [-0.39, 0.29) is 12.1 Å². The maximum Gasteiger partial charge on any atom is 0.0723 e. The van der Waals surface area contributed by atoms with Crippen LogP contribution in [0, 0.1) is 0 Å². The molecule has 0 amide bonds. The van der Waals surface area contributed by atoms with Crippen molar-refractivity contribution in [3.8, 4) is 0 Å². The molecule has 0 radical (unpaired) electrons. The number of hydrogen-bond acceptors (Lipinski definition) is 3. The number of hydrogen-bond donors (Lipinski definition) is 1. The lowest BCUT2D eigenvalue weighted by molar-refractivity contribution is 0.0344. The minimum absolute atomic E-state index is 0.266. The molecule has 19 heavy (non-hydrogen) atoms. The predicted octanol–water partition coefficient (Wildman–Crippen LogP) is 3.23. The van der Waals surface area contributed by atoms with E-state index in [1.165, 1.54) is 5.69 Å². The summed E-state index contributed by atoms with van der Waals surface area (Å²) in [5, 5.41) is 4.04. The number of morpholine rings is 1. The van der Waals surface area contributed by atoms with Crippen molar-refractivity contribution < 1.29 is 4.74 Å². The Hall–Kier alpha value is -0.770. The van der Waals surface area contributed by atoms with Crippen LogP contribution >= 0.6 is 11.6 Å². The van der Waals surface area contributed by atoms with Gasteiger partial charge in [0, 0.05) is 29.3 Å². The first-order valence-electron chi connectivity index (χ1n) is 6.88. The normalized spacial score (nSPS) is 25.4. The highest BCUT2D eigenvalue weighted by Gasteiger charge is 2.24. The highest BCUT2D eigenvalue weighted by Crippen LogP contribution is 2.30. The third kappa shape index (κ3) is 3.22. The fourth-order valence-electron chi connectivity index (χ4n) is 2.46. The molecule has 0 saturated carbocycles. The number of halogens is 1. The molecule has 1 N–H and O–H groups in total. The van der Waals surface area contributed by atoms with Crippen LogP contribution in [0.2, 0.25) is 5.02 Å². The Kier molecular flexibility index (Phi) is 4.71. The molecular weight excluding hydrogens is 260 g/mol. The Morgan fingerprint density at radius 2 is 2.16 bits per heavy atom. The monoisotopic (exact) mass is 282 g/mol. The lowest BCUT2D eigenvalue weighted by Crippen LogP contribution is -2.47. The Morgan fingerprint density at radius 1 is 1.42 bits per heavy atom. The zero-order valence-electron chi connectivity index (χ0n) is 12.1. The Morgan fingerprint density at radius 3 is 2.79 bits per heavy atom. The Balaban J connectivity index is 2.23. The number of nitrogens with one attached hydrogen (secondary N) is 1. The van der Waals surface area contributed by atoms with Gasteiger partial charge < -0.3 is 15.0 Å². The molecule has 3 unspecified atom stereocenters. The molecule has 1 aromatic rings. The van der Waals surface area contributed by atoms with E-state index in [1.54, 1.807) is 0 Å². The highest BCUT2D eigenvalue weighted by atomic mass is 35.5. The Bertz CT molecular complexity index is 438. The van der Waals surface area contributed by atoms with Crippen molar-refractivity contribution in [2.45, 2.75) is 39.0 Å². The molecule has 3 nitrogen and oxygen atoms in total. The van der Waals surface area contributed by atoms with Crippen LogP contribution in [0.15, 0.2) is 18.2 Å². The van der Waals surface area contributed by atoms with Gasteiger partial charge in [0.2, 0.25) is 0 Å². The predicted molar refractivity (Wildman–Crippen MR) is 81.1 cm³/mol. The van der Waals surface area contributed by atoms with Crippen LogP contribution in [0.4, 0.5) is 5.69 Å². The van der Waals surface area contributed by atoms with Gasteiger partial charge in [0.1, 0.15) is 0 Å². The molecule has 0 aromatic heterocycles. The number of rotatable bonds is 3. The number of nitrogens with zero attached hydrogens (tertiary/aromatic N) is 1. The van der Waals surface area contributed by atoms with Crippen LogP contribution < -0.4 is 10.2 Å². The minimum Gasteiger partial charge on any atom is -0.375 e. The molecule has 0 bridgehead atoms. The van der Waals surface area contributed by atoms with Gasteiger partial charge in [-0.2, -0.15) is 0 Å². The van der Waals surface area contributed by atoms with Crippen molar-refractivity contribution in [2.75, 3.05) is 25.1 Å². The van der Waals surface area contributed by atoms with E-state index in [9.17, 15) is 0 Å². The molecule has 1 saturated heterocycles. The Labute approximate surface area is 120 Å². The fourth-order valence-corrected chi connectivity index (χ4v) is 2.80. The van der Waals surface area contributed by atoms with Crippen molar-refractivity contribution in [1.82, 2.24) is 5.32 Å². The summed E-state index contributed by atoms with van der Waals surface area (Å²) in [5.41, 5.74) is 2.32. The van der Waals surface area contributed by atoms with Gasteiger partial charge in [-0.1, -0.05) is 17.7 Å². The maximum atomic E-state index is 6.41. The van der Waals surface area contributed by atoms with Gasteiger partial charge in [-0.25, -0.2) is 0 Å². The zero-order valence-corrected chi connectivity index (χ0v) is 12.9. The molecule has 4 heteroatoms.